The van der Waals surface area contributed by atoms with Gasteiger partial charge in [-0.05, 0) is 5.92 Å². The second kappa shape index (κ2) is 4.10. The molecule has 2 fully saturated rings. The Labute approximate surface area is 90.2 Å². The Hall–Kier alpha value is -0.610. The molecule has 0 aromatic heterocycles. The zero-order chi connectivity index (χ0) is 10.9. The van der Waals surface area contributed by atoms with Crippen LogP contribution in [0.25, 0.3) is 0 Å². The van der Waals surface area contributed by atoms with E-state index in [-0.39, 0.29) is 12.3 Å². The summed E-state index contributed by atoms with van der Waals surface area (Å²) in [7, 11) is 0. The number of likely N-dealkylation sites (tertiary alicyclic amines) is 1. The minimum Gasteiger partial charge on any atom is -0.389 e. The Bertz CT molecular complexity index is 242. The van der Waals surface area contributed by atoms with Crippen LogP contribution in [-0.2, 0) is 9.53 Å². The molecule has 15 heavy (non-hydrogen) atoms. The number of rotatable bonds is 2. The van der Waals surface area contributed by atoms with Gasteiger partial charge in [-0.25, -0.2) is 0 Å². The molecule has 2 aliphatic heterocycles. The maximum Gasteiger partial charge on any atom is 0.225 e. The van der Waals surface area contributed by atoms with Crippen molar-refractivity contribution in [1.29, 1.82) is 0 Å². The highest BCUT2D eigenvalue weighted by molar-refractivity contribution is 5.78. The summed E-state index contributed by atoms with van der Waals surface area (Å²) in [5.41, 5.74) is -0.811. The van der Waals surface area contributed by atoms with Crippen LogP contribution in [0.5, 0.6) is 0 Å². The van der Waals surface area contributed by atoms with Crippen LogP contribution >= 0.6 is 0 Å². The van der Waals surface area contributed by atoms with Crippen molar-refractivity contribution in [2.75, 3.05) is 26.3 Å². The van der Waals surface area contributed by atoms with Gasteiger partial charge in [0.05, 0.1) is 12.0 Å². The topological polar surface area (TPSA) is 49.8 Å². The van der Waals surface area contributed by atoms with E-state index in [0.29, 0.717) is 32.0 Å². The van der Waals surface area contributed by atoms with Gasteiger partial charge < -0.3 is 14.7 Å². The van der Waals surface area contributed by atoms with Crippen molar-refractivity contribution in [2.45, 2.75) is 31.8 Å². The first kappa shape index (κ1) is 10.9. The molecule has 0 radical (unpaired) electrons. The predicted molar refractivity (Wildman–Crippen MR) is 55.4 cm³/mol. The third kappa shape index (κ3) is 2.49. The molecule has 0 spiro atoms. The van der Waals surface area contributed by atoms with Crippen molar-refractivity contribution < 1.29 is 14.6 Å². The highest BCUT2D eigenvalue weighted by atomic mass is 16.5. The van der Waals surface area contributed by atoms with Crippen molar-refractivity contribution in [1.82, 2.24) is 4.90 Å². The van der Waals surface area contributed by atoms with Crippen LogP contribution in [0.1, 0.15) is 26.2 Å². The van der Waals surface area contributed by atoms with Gasteiger partial charge in [0, 0.05) is 39.1 Å². The number of hydrogen-bond donors (Lipinski definition) is 1. The molecule has 0 unspecified atom stereocenters. The molecule has 2 aliphatic rings. The van der Waals surface area contributed by atoms with Crippen LogP contribution in [0, 0.1) is 5.92 Å². The van der Waals surface area contributed by atoms with Gasteiger partial charge >= 0.3 is 0 Å². The van der Waals surface area contributed by atoms with Crippen LogP contribution in [0.3, 0.4) is 0 Å². The molecule has 2 heterocycles. The number of aliphatic hydroxyl groups is 1. The maximum absolute atomic E-state index is 11.8. The summed E-state index contributed by atoms with van der Waals surface area (Å²) >= 11 is 0. The first-order valence-electron chi connectivity index (χ1n) is 5.67. The fourth-order valence-corrected chi connectivity index (χ4v) is 2.22. The van der Waals surface area contributed by atoms with E-state index in [9.17, 15) is 9.90 Å². The largest absolute Gasteiger partial charge is 0.389 e. The molecule has 4 heteroatoms. The lowest BCUT2D eigenvalue weighted by atomic mass is 9.89. The van der Waals surface area contributed by atoms with Gasteiger partial charge in [0.2, 0.25) is 5.91 Å². The molecule has 4 nitrogen and oxygen atoms in total. The van der Waals surface area contributed by atoms with E-state index in [1.165, 1.54) is 0 Å². The standard InChI is InChI=1S/C11H19NO3/c1-9-7-12(8-9)10(13)6-11(14)2-4-15-5-3-11/h9,14H,2-8H2,1H3. The van der Waals surface area contributed by atoms with E-state index in [1.54, 1.807) is 0 Å². The van der Waals surface area contributed by atoms with E-state index < -0.39 is 5.60 Å². The Morgan fingerprint density at radius 2 is 2.07 bits per heavy atom. The van der Waals surface area contributed by atoms with E-state index in [2.05, 4.69) is 6.92 Å². The lowest BCUT2D eigenvalue weighted by Crippen LogP contribution is -2.51. The van der Waals surface area contributed by atoms with Gasteiger partial charge in [0.1, 0.15) is 0 Å². The second-order valence-corrected chi connectivity index (χ2v) is 4.92. The van der Waals surface area contributed by atoms with Crippen LogP contribution < -0.4 is 0 Å². The summed E-state index contributed by atoms with van der Waals surface area (Å²) in [5, 5.41) is 10.1. The van der Waals surface area contributed by atoms with Crippen molar-refractivity contribution in [3.8, 4) is 0 Å². The van der Waals surface area contributed by atoms with Crippen molar-refractivity contribution in [2.24, 2.45) is 5.92 Å². The number of carbonyl (C=O) groups is 1. The fourth-order valence-electron chi connectivity index (χ4n) is 2.22. The molecule has 0 atom stereocenters. The number of amides is 1. The zero-order valence-electron chi connectivity index (χ0n) is 9.24. The lowest BCUT2D eigenvalue weighted by molar-refractivity contribution is -0.146. The summed E-state index contributed by atoms with van der Waals surface area (Å²) in [6.07, 6.45) is 1.44. The highest BCUT2D eigenvalue weighted by Crippen LogP contribution is 2.26. The summed E-state index contributed by atoms with van der Waals surface area (Å²) in [6.45, 7) is 4.98. The first-order chi connectivity index (χ1) is 7.09. The minimum atomic E-state index is -0.811. The molecule has 2 rings (SSSR count). The molecular formula is C11H19NO3. The van der Waals surface area contributed by atoms with Gasteiger partial charge in [0.15, 0.2) is 0 Å². The second-order valence-electron chi connectivity index (χ2n) is 4.92. The lowest BCUT2D eigenvalue weighted by Gasteiger charge is -2.40. The zero-order valence-corrected chi connectivity index (χ0v) is 9.24. The van der Waals surface area contributed by atoms with Crippen molar-refractivity contribution >= 4 is 5.91 Å². The fraction of sp³-hybridized carbons (Fsp3) is 0.909. The Balaban J connectivity index is 1.82. The average Bonchev–Trinajstić information content (AvgIpc) is 2.13. The Morgan fingerprint density at radius 1 is 1.47 bits per heavy atom. The van der Waals surface area contributed by atoms with Crippen LogP contribution in [0.2, 0.25) is 0 Å². The Morgan fingerprint density at radius 3 is 2.60 bits per heavy atom. The summed E-state index contributed by atoms with van der Waals surface area (Å²) < 4.78 is 5.18. The average molecular weight is 213 g/mol. The molecule has 0 aromatic rings. The quantitative estimate of drug-likeness (QED) is 0.722. The normalized spacial score (nSPS) is 26.1. The molecule has 1 N–H and O–H groups in total. The smallest absolute Gasteiger partial charge is 0.225 e. The van der Waals surface area contributed by atoms with Gasteiger partial charge in [-0.15, -0.1) is 0 Å². The number of nitrogens with zero attached hydrogens (tertiary/aromatic N) is 1. The molecular weight excluding hydrogens is 194 g/mol. The highest BCUT2D eigenvalue weighted by Gasteiger charge is 2.36. The van der Waals surface area contributed by atoms with E-state index in [0.717, 1.165) is 13.1 Å². The maximum atomic E-state index is 11.8. The van der Waals surface area contributed by atoms with Crippen LogP contribution in [0.15, 0.2) is 0 Å². The number of carbonyl (C=O) groups excluding carboxylic acids is 1. The molecule has 1 amide bonds. The van der Waals surface area contributed by atoms with Gasteiger partial charge in [-0.1, -0.05) is 6.92 Å². The SMILES string of the molecule is CC1CN(C(=O)CC2(O)CCOCC2)C1. The van der Waals surface area contributed by atoms with E-state index >= 15 is 0 Å². The monoisotopic (exact) mass is 213 g/mol. The number of ether oxygens (including phenoxy) is 1. The van der Waals surface area contributed by atoms with Gasteiger partial charge in [-0.3, -0.25) is 4.79 Å². The van der Waals surface area contributed by atoms with Gasteiger partial charge in [-0.2, -0.15) is 0 Å². The molecule has 2 saturated heterocycles. The first-order valence-corrected chi connectivity index (χ1v) is 5.67. The molecule has 0 bridgehead atoms. The molecule has 86 valence electrons. The number of hydrogen-bond acceptors (Lipinski definition) is 3. The predicted octanol–water partition coefficient (Wildman–Crippen LogP) is 0.396. The molecule has 0 aromatic carbocycles. The summed E-state index contributed by atoms with van der Waals surface area (Å²) in [4.78, 5) is 13.6. The van der Waals surface area contributed by atoms with E-state index in [4.69, 9.17) is 4.74 Å². The molecule has 0 aliphatic carbocycles. The molecule has 0 saturated carbocycles. The van der Waals surface area contributed by atoms with Crippen LogP contribution in [-0.4, -0.2) is 47.8 Å². The van der Waals surface area contributed by atoms with E-state index in [1.807, 2.05) is 4.90 Å². The minimum absolute atomic E-state index is 0.0949. The van der Waals surface area contributed by atoms with Crippen molar-refractivity contribution in [3.63, 3.8) is 0 Å². The van der Waals surface area contributed by atoms with Crippen LogP contribution in [0.4, 0.5) is 0 Å². The van der Waals surface area contributed by atoms with Crippen molar-refractivity contribution in [3.05, 3.63) is 0 Å². The Kier molecular flexibility index (Phi) is 2.98. The third-order valence-corrected chi connectivity index (χ3v) is 3.32. The summed E-state index contributed by atoms with van der Waals surface area (Å²) in [5.74, 6) is 0.718. The third-order valence-electron chi connectivity index (χ3n) is 3.32. The summed E-state index contributed by atoms with van der Waals surface area (Å²) in [6, 6.07) is 0. The van der Waals surface area contributed by atoms with Gasteiger partial charge in [0.25, 0.3) is 0 Å².